The molecule has 0 radical (unpaired) electrons. The maximum Gasteiger partial charge on any atom is 0.239 e. The first-order valence-corrected chi connectivity index (χ1v) is 8.46. The molecule has 2 atom stereocenters. The van der Waals surface area contributed by atoms with Gasteiger partial charge in [0.1, 0.15) is 11.9 Å². The van der Waals surface area contributed by atoms with E-state index in [9.17, 15) is 4.79 Å². The Labute approximate surface area is 132 Å². The van der Waals surface area contributed by atoms with Crippen LogP contribution in [0, 0.1) is 5.92 Å². The summed E-state index contributed by atoms with van der Waals surface area (Å²) in [4.78, 5) is 14.6. The van der Waals surface area contributed by atoms with Gasteiger partial charge >= 0.3 is 0 Å². The molecule has 2 aliphatic rings. The largest absolute Gasteiger partial charge is 0.490 e. The van der Waals surface area contributed by atoms with E-state index in [2.05, 4.69) is 12.2 Å². The number of piperidine rings is 2. The third-order valence-electron chi connectivity index (χ3n) is 4.76. The molecule has 0 bridgehead atoms. The Hall–Kier alpha value is -1.55. The van der Waals surface area contributed by atoms with Crippen LogP contribution in [0.1, 0.15) is 32.6 Å². The average molecular weight is 302 g/mol. The number of likely N-dealkylation sites (tertiary alicyclic amines) is 1. The van der Waals surface area contributed by atoms with E-state index < -0.39 is 0 Å². The summed E-state index contributed by atoms with van der Waals surface area (Å²) in [6.07, 6.45) is 4.21. The standard InChI is InChI=1S/C18H26N2O2/c1-14-7-10-19-17(13-14)18(21)20-11-8-16(9-12-20)22-15-5-3-2-4-6-15/h2-6,14,16-17,19H,7-13H2,1H3. The predicted molar refractivity (Wildman–Crippen MR) is 86.9 cm³/mol. The van der Waals surface area contributed by atoms with Crippen LogP contribution < -0.4 is 10.1 Å². The number of amides is 1. The van der Waals surface area contributed by atoms with Crippen LogP contribution in [-0.4, -0.2) is 42.6 Å². The van der Waals surface area contributed by atoms with Crippen LogP contribution in [0.25, 0.3) is 0 Å². The molecular formula is C18H26N2O2. The van der Waals surface area contributed by atoms with Crippen molar-refractivity contribution in [3.63, 3.8) is 0 Å². The van der Waals surface area contributed by atoms with Gasteiger partial charge < -0.3 is 15.0 Å². The van der Waals surface area contributed by atoms with E-state index in [0.29, 0.717) is 5.92 Å². The Morgan fingerprint density at radius 2 is 1.91 bits per heavy atom. The van der Waals surface area contributed by atoms with E-state index in [1.165, 1.54) is 6.42 Å². The maximum absolute atomic E-state index is 12.6. The first-order valence-electron chi connectivity index (χ1n) is 8.46. The van der Waals surface area contributed by atoms with E-state index in [1.807, 2.05) is 35.2 Å². The molecule has 1 N–H and O–H groups in total. The molecule has 2 saturated heterocycles. The Bertz CT molecular complexity index is 483. The zero-order chi connectivity index (χ0) is 15.4. The maximum atomic E-state index is 12.6. The van der Waals surface area contributed by atoms with Crippen LogP contribution in [-0.2, 0) is 4.79 Å². The summed E-state index contributed by atoms with van der Waals surface area (Å²) in [5.74, 6) is 1.86. The monoisotopic (exact) mass is 302 g/mol. The number of hydrogen-bond acceptors (Lipinski definition) is 3. The van der Waals surface area contributed by atoms with Crippen molar-refractivity contribution >= 4 is 5.91 Å². The highest BCUT2D eigenvalue weighted by Crippen LogP contribution is 2.21. The fourth-order valence-electron chi connectivity index (χ4n) is 3.40. The van der Waals surface area contributed by atoms with E-state index in [0.717, 1.165) is 44.6 Å². The summed E-state index contributed by atoms with van der Waals surface area (Å²) in [7, 11) is 0. The van der Waals surface area contributed by atoms with E-state index in [-0.39, 0.29) is 18.1 Å². The van der Waals surface area contributed by atoms with Crippen LogP contribution in [0.4, 0.5) is 0 Å². The van der Waals surface area contributed by atoms with Gasteiger partial charge in [-0.2, -0.15) is 0 Å². The molecule has 22 heavy (non-hydrogen) atoms. The fraction of sp³-hybridized carbons (Fsp3) is 0.611. The molecule has 1 aromatic carbocycles. The van der Waals surface area contributed by atoms with Gasteiger partial charge in [-0.3, -0.25) is 4.79 Å². The normalized spacial score (nSPS) is 26.7. The van der Waals surface area contributed by atoms with Gasteiger partial charge in [-0.05, 0) is 37.4 Å². The summed E-state index contributed by atoms with van der Waals surface area (Å²) in [5, 5.41) is 3.38. The van der Waals surface area contributed by atoms with Crippen LogP contribution in [0.3, 0.4) is 0 Å². The van der Waals surface area contributed by atoms with Gasteiger partial charge in [0.05, 0.1) is 6.04 Å². The molecule has 0 spiro atoms. The number of nitrogens with zero attached hydrogens (tertiary/aromatic N) is 1. The Balaban J connectivity index is 1.48. The molecule has 0 saturated carbocycles. The lowest BCUT2D eigenvalue weighted by molar-refractivity contribution is -0.136. The van der Waals surface area contributed by atoms with Crippen molar-refractivity contribution < 1.29 is 9.53 Å². The van der Waals surface area contributed by atoms with E-state index in [1.54, 1.807) is 0 Å². The van der Waals surface area contributed by atoms with E-state index in [4.69, 9.17) is 4.74 Å². The quantitative estimate of drug-likeness (QED) is 0.932. The topological polar surface area (TPSA) is 41.6 Å². The summed E-state index contributed by atoms with van der Waals surface area (Å²) in [5.41, 5.74) is 0. The van der Waals surface area contributed by atoms with Gasteiger partial charge in [-0.1, -0.05) is 25.1 Å². The van der Waals surface area contributed by atoms with Crippen molar-refractivity contribution in [2.45, 2.75) is 44.8 Å². The number of hydrogen-bond donors (Lipinski definition) is 1. The number of para-hydroxylation sites is 1. The molecule has 1 aromatic rings. The van der Waals surface area contributed by atoms with Crippen molar-refractivity contribution in [2.24, 2.45) is 5.92 Å². The second kappa shape index (κ2) is 7.14. The number of carbonyl (C=O) groups is 1. The minimum Gasteiger partial charge on any atom is -0.490 e. The smallest absolute Gasteiger partial charge is 0.239 e. The van der Waals surface area contributed by atoms with Gasteiger partial charge in [-0.25, -0.2) is 0 Å². The summed E-state index contributed by atoms with van der Waals surface area (Å²) in [6, 6.07) is 9.98. The van der Waals surface area contributed by atoms with Crippen molar-refractivity contribution in [1.29, 1.82) is 0 Å². The highest BCUT2D eigenvalue weighted by atomic mass is 16.5. The molecule has 0 aromatic heterocycles. The highest BCUT2D eigenvalue weighted by molar-refractivity contribution is 5.82. The summed E-state index contributed by atoms with van der Waals surface area (Å²) in [6.45, 7) is 4.82. The molecule has 120 valence electrons. The van der Waals surface area contributed by atoms with Gasteiger partial charge in [0.2, 0.25) is 5.91 Å². The second-order valence-corrected chi connectivity index (χ2v) is 6.59. The van der Waals surface area contributed by atoms with Gasteiger partial charge in [-0.15, -0.1) is 0 Å². The van der Waals surface area contributed by atoms with Crippen molar-refractivity contribution in [3.05, 3.63) is 30.3 Å². The zero-order valence-corrected chi connectivity index (χ0v) is 13.3. The highest BCUT2D eigenvalue weighted by Gasteiger charge is 2.31. The lowest BCUT2D eigenvalue weighted by Gasteiger charge is -2.36. The number of nitrogens with one attached hydrogen (secondary N) is 1. The number of benzene rings is 1. The Morgan fingerprint density at radius 3 is 2.59 bits per heavy atom. The first kappa shape index (κ1) is 15.3. The third kappa shape index (κ3) is 3.80. The minimum atomic E-state index is 0.0235. The van der Waals surface area contributed by atoms with Gasteiger partial charge in [0.25, 0.3) is 0 Å². The number of ether oxygens (including phenoxy) is 1. The number of carbonyl (C=O) groups excluding carboxylic acids is 1. The van der Waals surface area contributed by atoms with Crippen molar-refractivity contribution in [2.75, 3.05) is 19.6 Å². The summed E-state index contributed by atoms with van der Waals surface area (Å²) >= 11 is 0. The lowest BCUT2D eigenvalue weighted by atomic mass is 9.93. The Kier molecular flexibility index (Phi) is 4.98. The van der Waals surface area contributed by atoms with Crippen LogP contribution in [0.15, 0.2) is 30.3 Å². The predicted octanol–water partition coefficient (Wildman–Crippen LogP) is 2.44. The molecule has 2 unspecified atom stereocenters. The van der Waals surface area contributed by atoms with Gasteiger partial charge in [0.15, 0.2) is 0 Å². The fourth-order valence-corrected chi connectivity index (χ4v) is 3.40. The first-order chi connectivity index (χ1) is 10.7. The van der Waals surface area contributed by atoms with Crippen molar-refractivity contribution in [1.82, 2.24) is 10.2 Å². The molecule has 1 amide bonds. The lowest BCUT2D eigenvalue weighted by Crippen LogP contribution is -2.52. The molecular weight excluding hydrogens is 276 g/mol. The van der Waals surface area contributed by atoms with Crippen LogP contribution >= 0.6 is 0 Å². The third-order valence-corrected chi connectivity index (χ3v) is 4.76. The molecule has 2 heterocycles. The SMILES string of the molecule is CC1CCNC(C(=O)N2CCC(Oc3ccccc3)CC2)C1. The second-order valence-electron chi connectivity index (χ2n) is 6.59. The molecule has 0 aliphatic carbocycles. The summed E-state index contributed by atoms with van der Waals surface area (Å²) < 4.78 is 5.99. The molecule has 3 rings (SSSR count). The van der Waals surface area contributed by atoms with Gasteiger partial charge in [0, 0.05) is 25.9 Å². The average Bonchev–Trinajstić information content (AvgIpc) is 2.56. The van der Waals surface area contributed by atoms with Crippen LogP contribution in [0.2, 0.25) is 0 Å². The molecule has 4 heteroatoms. The van der Waals surface area contributed by atoms with E-state index >= 15 is 0 Å². The molecule has 2 fully saturated rings. The molecule has 4 nitrogen and oxygen atoms in total. The molecule has 2 aliphatic heterocycles. The van der Waals surface area contributed by atoms with Crippen molar-refractivity contribution in [3.8, 4) is 5.75 Å². The van der Waals surface area contributed by atoms with Crippen LogP contribution in [0.5, 0.6) is 5.75 Å². The minimum absolute atomic E-state index is 0.0235. The number of rotatable bonds is 3. The Morgan fingerprint density at radius 1 is 1.18 bits per heavy atom. The zero-order valence-electron chi connectivity index (χ0n) is 13.3.